The van der Waals surface area contributed by atoms with Gasteiger partial charge in [-0.05, 0) is 160 Å². The van der Waals surface area contributed by atoms with Crippen LogP contribution in [0, 0.1) is 0 Å². The maximum Gasteiger partial charge on any atom is 0.0540 e. The molecule has 3 heteroatoms. The third-order valence-corrected chi connectivity index (χ3v) is 18.4. The number of hydrogen-bond acceptors (Lipinski definition) is 3. The Bertz CT molecular complexity index is 4950. The molecule has 16 rings (SSSR count). The molecule has 1 heterocycles. The average molecular weight is 1040 g/mol. The van der Waals surface area contributed by atoms with Gasteiger partial charge in [0.05, 0.1) is 5.69 Å². The first-order chi connectivity index (χ1) is 39.4. The molecule has 14 aromatic carbocycles. The highest BCUT2D eigenvalue weighted by atomic mass is 32.1. The number of benzene rings is 14. The van der Waals surface area contributed by atoms with Crippen molar-refractivity contribution in [2.24, 2.45) is 0 Å². The highest BCUT2D eigenvalue weighted by Crippen LogP contribution is 2.54. The summed E-state index contributed by atoms with van der Waals surface area (Å²) in [6.07, 6.45) is 0. The van der Waals surface area contributed by atoms with Gasteiger partial charge in [-0.3, -0.25) is 0 Å². The zero-order valence-corrected chi connectivity index (χ0v) is 45.2. The number of thiophene rings is 1. The number of nitrogens with zero attached hydrogens (tertiary/aromatic N) is 2. The summed E-state index contributed by atoms with van der Waals surface area (Å²) in [7, 11) is 0. The molecule has 0 atom stereocenters. The van der Waals surface area contributed by atoms with E-state index < -0.39 is 0 Å². The lowest BCUT2D eigenvalue weighted by molar-refractivity contribution is 0.660. The van der Waals surface area contributed by atoms with Crippen molar-refractivity contribution in [3.63, 3.8) is 0 Å². The van der Waals surface area contributed by atoms with Crippen LogP contribution in [-0.4, -0.2) is 0 Å². The Balaban J connectivity index is 0.833. The number of anilines is 6. The summed E-state index contributed by atoms with van der Waals surface area (Å²) < 4.78 is 2.66. The number of hydrogen-bond donors (Lipinski definition) is 0. The van der Waals surface area contributed by atoms with E-state index in [1.165, 1.54) is 119 Å². The third kappa shape index (κ3) is 7.17. The molecule has 0 spiro atoms. The molecule has 0 N–H and O–H groups in total. The van der Waals surface area contributed by atoms with Crippen LogP contribution in [-0.2, 0) is 5.41 Å². The number of fused-ring (bicyclic) bond motifs is 14. The van der Waals surface area contributed by atoms with E-state index >= 15 is 0 Å². The first-order valence-corrected chi connectivity index (χ1v) is 28.5. The van der Waals surface area contributed by atoms with Crippen LogP contribution in [0.5, 0.6) is 0 Å². The molecule has 376 valence electrons. The van der Waals surface area contributed by atoms with E-state index in [2.05, 4.69) is 303 Å². The lowest BCUT2D eigenvalue weighted by Crippen LogP contribution is -2.17. The first-order valence-electron chi connectivity index (χ1n) is 27.7. The van der Waals surface area contributed by atoms with Gasteiger partial charge in [0.1, 0.15) is 0 Å². The molecular weight excluding hydrogens is 985 g/mol. The van der Waals surface area contributed by atoms with Crippen molar-refractivity contribution in [1.29, 1.82) is 0 Å². The molecule has 1 aliphatic rings. The summed E-state index contributed by atoms with van der Waals surface area (Å²) in [6.45, 7) is 4.81. The van der Waals surface area contributed by atoms with E-state index in [0.717, 1.165) is 34.1 Å². The van der Waals surface area contributed by atoms with Crippen LogP contribution < -0.4 is 9.80 Å². The van der Waals surface area contributed by atoms with Gasteiger partial charge in [0.25, 0.3) is 0 Å². The van der Waals surface area contributed by atoms with Gasteiger partial charge in [-0.25, -0.2) is 0 Å². The Morgan fingerprint density at radius 3 is 1.44 bits per heavy atom. The van der Waals surface area contributed by atoms with Crippen molar-refractivity contribution in [2.45, 2.75) is 19.3 Å². The fourth-order valence-corrected chi connectivity index (χ4v) is 14.6. The minimum Gasteiger partial charge on any atom is -0.310 e. The van der Waals surface area contributed by atoms with Crippen molar-refractivity contribution < 1.29 is 0 Å². The summed E-state index contributed by atoms with van der Waals surface area (Å²) in [6, 6.07) is 104. The standard InChI is InChI=1S/C77H52N2S/c1-77(2)72-47-54(39-42-66(72)67-43-40-55(48-73(67)77)79(51-20-4-3-5-21-51)74-32-16-19-49-18-6-7-22-57(49)74)78(53-38-41-65-62-27-11-10-25-60(62)61-26-12-13-28-63(61)71(65)46-53)52-36-34-50(35-37-52)56-44-45-64(59-24-9-8-23-58(56)59)69-30-17-31-70-68-29-14-15-33-75(68)80-76(69)70/h3-48H,1-2H3. The van der Waals surface area contributed by atoms with E-state index in [1.807, 2.05) is 11.3 Å². The molecule has 80 heavy (non-hydrogen) atoms. The van der Waals surface area contributed by atoms with Crippen molar-refractivity contribution in [3.8, 4) is 33.4 Å². The van der Waals surface area contributed by atoms with Gasteiger partial charge in [0, 0.05) is 65.0 Å². The fraction of sp³-hybridized carbons (Fsp3) is 0.0390. The summed E-state index contributed by atoms with van der Waals surface area (Å²) in [5, 5.41) is 15.2. The van der Waals surface area contributed by atoms with Gasteiger partial charge in [-0.1, -0.05) is 220 Å². The van der Waals surface area contributed by atoms with E-state index in [0.29, 0.717) is 0 Å². The van der Waals surface area contributed by atoms with Crippen LogP contribution in [0.3, 0.4) is 0 Å². The molecule has 1 aliphatic carbocycles. The van der Waals surface area contributed by atoms with Crippen LogP contribution in [0.2, 0.25) is 0 Å². The molecule has 2 nitrogen and oxygen atoms in total. The number of rotatable bonds is 8. The minimum absolute atomic E-state index is 0.304. The zero-order valence-electron chi connectivity index (χ0n) is 44.4. The second kappa shape index (κ2) is 18.1. The van der Waals surface area contributed by atoms with Crippen LogP contribution >= 0.6 is 11.3 Å². The summed E-state index contributed by atoms with van der Waals surface area (Å²) in [4.78, 5) is 4.90. The SMILES string of the molecule is CC1(C)c2cc(N(c3ccc(-c4ccc(-c5cccc6c5sc5ccccc56)c5ccccc45)cc3)c3ccc4c5ccccc5c5ccccc5c4c3)ccc2-c2ccc(N(c3ccccc3)c3cccc4ccccc34)cc21. The van der Waals surface area contributed by atoms with E-state index in [4.69, 9.17) is 0 Å². The van der Waals surface area contributed by atoms with Gasteiger partial charge >= 0.3 is 0 Å². The Morgan fingerprint density at radius 1 is 0.275 bits per heavy atom. The smallest absolute Gasteiger partial charge is 0.0540 e. The molecule has 0 saturated carbocycles. The predicted molar refractivity (Wildman–Crippen MR) is 345 cm³/mol. The van der Waals surface area contributed by atoms with Crippen molar-refractivity contribution in [1.82, 2.24) is 0 Å². The van der Waals surface area contributed by atoms with E-state index in [-0.39, 0.29) is 5.41 Å². The van der Waals surface area contributed by atoms with Gasteiger partial charge in [0.2, 0.25) is 0 Å². The second-order valence-corrected chi connectivity index (χ2v) is 23.0. The van der Waals surface area contributed by atoms with Gasteiger partial charge < -0.3 is 9.80 Å². The monoisotopic (exact) mass is 1040 g/mol. The fourth-order valence-electron chi connectivity index (χ4n) is 13.4. The topological polar surface area (TPSA) is 6.48 Å². The Labute approximate surface area is 469 Å². The summed E-state index contributed by atoms with van der Waals surface area (Å²) in [5.74, 6) is 0. The molecule has 0 saturated heterocycles. The lowest BCUT2D eigenvalue weighted by atomic mass is 9.82. The maximum atomic E-state index is 2.47. The third-order valence-electron chi connectivity index (χ3n) is 17.2. The largest absolute Gasteiger partial charge is 0.310 e. The molecule has 15 aromatic rings. The van der Waals surface area contributed by atoms with E-state index in [1.54, 1.807) is 0 Å². The Kier molecular flexibility index (Phi) is 10.5. The number of para-hydroxylation sites is 1. The molecule has 0 aliphatic heterocycles. The maximum absolute atomic E-state index is 2.47. The zero-order chi connectivity index (χ0) is 53.1. The van der Waals surface area contributed by atoms with Crippen molar-refractivity contribution >= 4 is 119 Å². The second-order valence-electron chi connectivity index (χ2n) is 21.9. The Hall–Kier alpha value is -9.80. The van der Waals surface area contributed by atoms with Crippen LogP contribution in [0.15, 0.2) is 279 Å². The molecule has 0 fully saturated rings. The average Bonchev–Trinajstić information content (AvgIpc) is 4.22. The predicted octanol–water partition coefficient (Wildman–Crippen LogP) is 22.4. The van der Waals surface area contributed by atoms with Gasteiger partial charge in [-0.2, -0.15) is 0 Å². The first kappa shape index (κ1) is 46.3. The summed E-state index contributed by atoms with van der Waals surface area (Å²) in [5.41, 5.74) is 16.6. The molecule has 0 amide bonds. The van der Waals surface area contributed by atoms with Gasteiger partial charge in [0.15, 0.2) is 0 Å². The molecule has 0 unspecified atom stereocenters. The minimum atomic E-state index is -0.304. The highest BCUT2D eigenvalue weighted by Gasteiger charge is 2.37. The Morgan fingerprint density at radius 2 is 0.738 bits per heavy atom. The normalized spacial score (nSPS) is 12.7. The van der Waals surface area contributed by atoms with Crippen LogP contribution in [0.1, 0.15) is 25.0 Å². The van der Waals surface area contributed by atoms with Crippen LogP contribution in [0.25, 0.3) is 107 Å². The molecular formula is C77H52N2S. The lowest BCUT2D eigenvalue weighted by Gasteiger charge is -2.30. The van der Waals surface area contributed by atoms with Gasteiger partial charge in [-0.15, -0.1) is 11.3 Å². The summed E-state index contributed by atoms with van der Waals surface area (Å²) >= 11 is 1.89. The molecule has 0 radical (unpaired) electrons. The highest BCUT2D eigenvalue weighted by molar-refractivity contribution is 7.26. The van der Waals surface area contributed by atoms with E-state index in [9.17, 15) is 0 Å². The van der Waals surface area contributed by atoms with Crippen molar-refractivity contribution in [3.05, 3.63) is 290 Å². The quantitative estimate of drug-likeness (QED) is 0.140. The van der Waals surface area contributed by atoms with Crippen molar-refractivity contribution in [2.75, 3.05) is 9.80 Å². The molecule has 0 bridgehead atoms. The molecule has 1 aromatic heterocycles. The van der Waals surface area contributed by atoms with Crippen LogP contribution in [0.4, 0.5) is 34.1 Å².